The highest BCUT2D eigenvalue weighted by atomic mass is 35.5. The molecule has 0 aliphatic rings. The maximum absolute atomic E-state index is 11.9. The highest BCUT2D eigenvalue weighted by molar-refractivity contribution is 7.88. The van der Waals surface area contributed by atoms with Gasteiger partial charge in [0.1, 0.15) is 6.07 Å². The summed E-state index contributed by atoms with van der Waals surface area (Å²) in [5.74, 6) is 0. The number of alkyl halides is 2. The van der Waals surface area contributed by atoms with Gasteiger partial charge in [0.25, 0.3) is 0 Å². The lowest BCUT2D eigenvalue weighted by Crippen LogP contribution is -2.24. The van der Waals surface area contributed by atoms with Gasteiger partial charge < -0.3 is 0 Å². The lowest BCUT2D eigenvalue weighted by atomic mass is 10.9. The first kappa shape index (κ1) is 8.62. The van der Waals surface area contributed by atoms with Crippen LogP contribution in [0.15, 0.2) is 0 Å². The van der Waals surface area contributed by atoms with E-state index in [0.717, 1.165) is 0 Å². The first-order valence-corrected chi connectivity index (χ1v) is 3.39. The van der Waals surface area contributed by atoms with Crippen LogP contribution in [-0.4, -0.2) is 17.4 Å². The minimum Gasteiger partial charge on any atom is -0.281 e. The lowest BCUT2D eigenvalue weighted by Gasteiger charge is -2.01. The Hall–Kier alpha value is -0.380. The molecule has 0 aromatic rings. The zero-order valence-corrected chi connectivity index (χ0v) is 5.45. The molecule has 0 spiro atoms. The lowest BCUT2D eigenvalue weighted by molar-refractivity contribution is 0.387. The van der Waals surface area contributed by atoms with Crippen LogP contribution >= 0.6 is 11.6 Å². The number of nitriles is 1. The van der Waals surface area contributed by atoms with E-state index in [2.05, 4.69) is 11.6 Å². The van der Waals surface area contributed by atoms with Crippen LogP contribution in [0.25, 0.3) is 0 Å². The zero-order chi connectivity index (χ0) is 7.71. The smallest absolute Gasteiger partial charge is 0.281 e. The van der Waals surface area contributed by atoms with E-state index in [9.17, 15) is 12.8 Å². The molecule has 0 aromatic carbocycles. The second-order valence-corrected chi connectivity index (χ2v) is 3.36. The third kappa shape index (κ3) is 1.78. The van der Waals surface area contributed by atoms with E-state index < -0.39 is 14.6 Å². The second kappa shape index (κ2) is 2.10. The van der Waals surface area contributed by atoms with Gasteiger partial charge in [-0.2, -0.15) is 18.1 Å². The molecular weight excluding hydrogens is 173 g/mol. The van der Waals surface area contributed by atoms with E-state index in [1.807, 2.05) is 0 Å². The van der Waals surface area contributed by atoms with E-state index in [1.165, 1.54) is 0 Å². The van der Waals surface area contributed by atoms with Gasteiger partial charge in [-0.25, -0.2) is 0 Å². The number of hydrogen-bond acceptors (Lipinski definition) is 3. The third-order valence-corrected chi connectivity index (χ3v) is 1.86. The SMILES string of the molecule is N#CC(F)(Cl)S(=O)(=O)O. The summed E-state index contributed by atoms with van der Waals surface area (Å²) in [5, 5.41) is 7.63. The predicted molar refractivity (Wildman–Crippen MR) is 26.9 cm³/mol. The van der Waals surface area contributed by atoms with Crippen LogP contribution in [0.4, 0.5) is 4.39 Å². The highest BCUT2D eigenvalue weighted by Gasteiger charge is 2.41. The number of hydrogen-bond donors (Lipinski definition) is 1. The standard InChI is InChI=1S/C2HClFNO3S/c3-2(4,1-5)9(6,7)8/h(H,6,7,8). The molecule has 0 amide bonds. The number of nitrogens with zero attached hydrogens (tertiary/aromatic N) is 1. The molecule has 1 atom stereocenters. The van der Waals surface area contributed by atoms with Crippen molar-refractivity contribution in [2.24, 2.45) is 0 Å². The molecule has 0 bridgehead atoms. The summed E-state index contributed by atoms with van der Waals surface area (Å²) in [4.78, 5) is 0. The van der Waals surface area contributed by atoms with Gasteiger partial charge in [0, 0.05) is 0 Å². The molecule has 9 heavy (non-hydrogen) atoms. The van der Waals surface area contributed by atoms with E-state index in [-0.39, 0.29) is 0 Å². The molecule has 0 saturated heterocycles. The average molecular weight is 174 g/mol. The van der Waals surface area contributed by atoms with Gasteiger partial charge in [-0.3, -0.25) is 4.55 Å². The molecule has 4 nitrogen and oxygen atoms in total. The molecule has 0 aliphatic carbocycles. The minimum atomic E-state index is -5.11. The van der Waals surface area contributed by atoms with Crippen molar-refractivity contribution < 1.29 is 17.4 Å². The molecule has 0 aliphatic heterocycles. The van der Waals surface area contributed by atoms with Gasteiger partial charge in [-0.05, 0) is 11.6 Å². The summed E-state index contributed by atoms with van der Waals surface area (Å²) in [7, 11) is -5.11. The largest absolute Gasteiger partial charge is 0.392 e. The first-order chi connectivity index (χ1) is 3.81. The maximum atomic E-state index is 11.9. The monoisotopic (exact) mass is 173 g/mol. The molecule has 52 valence electrons. The molecule has 0 heterocycles. The molecule has 0 rings (SSSR count). The molecule has 0 radical (unpaired) electrons. The maximum Gasteiger partial charge on any atom is 0.392 e. The number of rotatable bonds is 1. The van der Waals surface area contributed by atoms with Crippen molar-refractivity contribution >= 4 is 21.7 Å². The molecular formula is C2HClFNO3S. The van der Waals surface area contributed by atoms with Crippen LogP contribution < -0.4 is 0 Å². The summed E-state index contributed by atoms with van der Waals surface area (Å²) in [5.41, 5.74) is 0. The van der Waals surface area contributed by atoms with Crippen LogP contribution in [-0.2, 0) is 10.1 Å². The first-order valence-electron chi connectivity index (χ1n) is 1.57. The molecule has 7 heteroatoms. The van der Waals surface area contributed by atoms with E-state index in [0.29, 0.717) is 6.07 Å². The Kier molecular flexibility index (Phi) is 2.01. The summed E-state index contributed by atoms with van der Waals surface area (Å²) < 4.78 is 35.4. The Balaban J connectivity index is 4.85. The van der Waals surface area contributed by atoms with E-state index in [1.54, 1.807) is 0 Å². The number of halogens is 2. The van der Waals surface area contributed by atoms with Crippen molar-refractivity contribution in [2.75, 3.05) is 0 Å². The molecule has 0 saturated carbocycles. The van der Waals surface area contributed by atoms with E-state index >= 15 is 0 Å². The fraction of sp³-hybridized carbons (Fsp3) is 0.500. The summed E-state index contributed by atoms with van der Waals surface area (Å²) in [6.45, 7) is 0. The Morgan fingerprint density at radius 2 is 2.11 bits per heavy atom. The summed E-state index contributed by atoms with van der Waals surface area (Å²) in [6.07, 6.45) is 0. The van der Waals surface area contributed by atoms with Gasteiger partial charge in [0.15, 0.2) is 0 Å². The zero-order valence-electron chi connectivity index (χ0n) is 3.88. The fourth-order valence-electron chi connectivity index (χ4n) is 0.0577. The Labute approximate surface area is 55.6 Å². The van der Waals surface area contributed by atoms with Crippen molar-refractivity contribution in [3.8, 4) is 6.07 Å². The van der Waals surface area contributed by atoms with Crippen molar-refractivity contribution in [3.63, 3.8) is 0 Å². The molecule has 0 aromatic heterocycles. The van der Waals surface area contributed by atoms with Crippen LogP contribution in [0.2, 0.25) is 0 Å². The Morgan fingerprint density at radius 3 is 2.11 bits per heavy atom. The molecule has 1 N–H and O–H groups in total. The van der Waals surface area contributed by atoms with Gasteiger partial charge in [0.05, 0.1) is 0 Å². The van der Waals surface area contributed by atoms with Gasteiger partial charge in [-0.15, -0.1) is 0 Å². The van der Waals surface area contributed by atoms with Crippen LogP contribution in [0.3, 0.4) is 0 Å². The van der Waals surface area contributed by atoms with E-state index in [4.69, 9.17) is 9.81 Å². The van der Waals surface area contributed by atoms with Gasteiger partial charge in [-0.1, -0.05) is 0 Å². The Bertz CT molecular complexity index is 239. The van der Waals surface area contributed by atoms with Crippen molar-refractivity contribution in [1.82, 2.24) is 0 Å². The van der Waals surface area contributed by atoms with Crippen LogP contribution in [0, 0.1) is 11.3 Å². The van der Waals surface area contributed by atoms with Crippen LogP contribution in [0.1, 0.15) is 0 Å². The van der Waals surface area contributed by atoms with Crippen molar-refractivity contribution in [1.29, 1.82) is 5.26 Å². The average Bonchev–Trinajstić information content (AvgIpc) is 1.64. The fourth-order valence-corrected chi connectivity index (χ4v) is 0.173. The third-order valence-electron chi connectivity index (χ3n) is 0.454. The van der Waals surface area contributed by atoms with Crippen molar-refractivity contribution in [3.05, 3.63) is 0 Å². The predicted octanol–water partition coefficient (Wildman–Crippen LogP) is 0.260. The Morgan fingerprint density at radius 1 is 1.78 bits per heavy atom. The van der Waals surface area contributed by atoms with Crippen LogP contribution in [0.5, 0.6) is 0 Å². The normalized spacial score (nSPS) is 18.0. The quantitative estimate of drug-likeness (QED) is 0.456. The second-order valence-electron chi connectivity index (χ2n) is 1.10. The molecule has 0 fully saturated rings. The van der Waals surface area contributed by atoms with Gasteiger partial charge in [0.2, 0.25) is 0 Å². The summed E-state index contributed by atoms with van der Waals surface area (Å²) in [6, 6.07) is 0.542. The van der Waals surface area contributed by atoms with Crippen molar-refractivity contribution in [2.45, 2.75) is 4.46 Å². The molecule has 1 unspecified atom stereocenters. The highest BCUT2D eigenvalue weighted by Crippen LogP contribution is 2.21. The summed E-state index contributed by atoms with van der Waals surface area (Å²) >= 11 is 4.33. The minimum absolute atomic E-state index is 0.542. The topological polar surface area (TPSA) is 78.2 Å². The van der Waals surface area contributed by atoms with Gasteiger partial charge >= 0.3 is 14.6 Å².